The fourth-order valence-electron chi connectivity index (χ4n) is 2.98. The predicted molar refractivity (Wildman–Crippen MR) is 98.0 cm³/mol. The molecule has 126 valence electrons. The van der Waals surface area contributed by atoms with Crippen molar-refractivity contribution >= 4 is 5.84 Å². The van der Waals surface area contributed by atoms with Crippen molar-refractivity contribution in [2.24, 2.45) is 0 Å². The van der Waals surface area contributed by atoms with E-state index in [1.807, 2.05) is 48.5 Å². The van der Waals surface area contributed by atoms with Crippen LogP contribution in [0.3, 0.4) is 0 Å². The maximum absolute atomic E-state index is 8.35. The van der Waals surface area contributed by atoms with Gasteiger partial charge in [-0.05, 0) is 18.6 Å². The molecule has 0 bridgehead atoms. The first-order chi connectivity index (χ1) is 11.7. The van der Waals surface area contributed by atoms with Crippen molar-refractivity contribution < 1.29 is 4.74 Å². The lowest BCUT2D eigenvalue weighted by molar-refractivity contribution is 0.154. The Morgan fingerprint density at radius 3 is 2.33 bits per heavy atom. The molecule has 1 saturated heterocycles. The van der Waals surface area contributed by atoms with E-state index in [1.54, 1.807) is 0 Å². The lowest BCUT2D eigenvalue weighted by atomic mass is 10.1. The molecule has 0 aromatic heterocycles. The van der Waals surface area contributed by atoms with Crippen LogP contribution in [0.5, 0.6) is 5.75 Å². The number of benzene rings is 2. The van der Waals surface area contributed by atoms with Crippen LogP contribution in [0.1, 0.15) is 11.1 Å². The summed E-state index contributed by atoms with van der Waals surface area (Å²) in [5.41, 5.74) is 2.17. The molecule has 4 nitrogen and oxygen atoms in total. The van der Waals surface area contributed by atoms with E-state index in [0.717, 1.165) is 44.0 Å². The van der Waals surface area contributed by atoms with Crippen LogP contribution < -0.4 is 4.74 Å². The first-order valence-corrected chi connectivity index (χ1v) is 8.54. The van der Waals surface area contributed by atoms with E-state index in [2.05, 4.69) is 22.8 Å². The Labute approximate surface area is 144 Å². The van der Waals surface area contributed by atoms with Crippen LogP contribution in [0.4, 0.5) is 0 Å². The van der Waals surface area contributed by atoms with E-state index < -0.39 is 0 Å². The second kappa shape index (κ2) is 7.97. The quantitative estimate of drug-likeness (QED) is 0.679. The van der Waals surface area contributed by atoms with Crippen molar-refractivity contribution in [3.63, 3.8) is 0 Å². The molecule has 1 aliphatic rings. The van der Waals surface area contributed by atoms with Crippen LogP contribution in [-0.4, -0.2) is 55.0 Å². The highest BCUT2D eigenvalue weighted by Crippen LogP contribution is 2.16. The molecule has 1 heterocycles. The Morgan fingerprint density at radius 1 is 0.958 bits per heavy atom. The van der Waals surface area contributed by atoms with Gasteiger partial charge in [0, 0.05) is 38.3 Å². The van der Waals surface area contributed by atoms with Crippen LogP contribution in [0.25, 0.3) is 0 Å². The molecule has 0 spiro atoms. The molecule has 0 aliphatic carbocycles. The van der Waals surface area contributed by atoms with Crippen LogP contribution in [0.2, 0.25) is 0 Å². The van der Waals surface area contributed by atoms with E-state index in [1.165, 1.54) is 5.56 Å². The summed E-state index contributed by atoms with van der Waals surface area (Å²) in [6.07, 6.45) is 0. The molecule has 2 aromatic carbocycles. The molecule has 0 atom stereocenters. The zero-order valence-electron chi connectivity index (χ0n) is 14.2. The highest BCUT2D eigenvalue weighted by Gasteiger charge is 2.19. The normalized spacial score (nSPS) is 15.3. The highest BCUT2D eigenvalue weighted by molar-refractivity contribution is 5.96. The van der Waals surface area contributed by atoms with Gasteiger partial charge < -0.3 is 9.64 Å². The Morgan fingerprint density at radius 2 is 1.62 bits per heavy atom. The van der Waals surface area contributed by atoms with Crippen molar-refractivity contribution in [3.05, 3.63) is 65.7 Å². The zero-order chi connectivity index (χ0) is 16.8. The van der Waals surface area contributed by atoms with Crippen LogP contribution >= 0.6 is 0 Å². The molecule has 4 heteroatoms. The lowest BCUT2D eigenvalue weighted by Gasteiger charge is -2.36. The first-order valence-electron chi connectivity index (χ1n) is 8.54. The Balaban J connectivity index is 1.42. The molecule has 3 rings (SSSR count). The number of hydrogen-bond acceptors (Lipinski definition) is 3. The number of nitrogens with zero attached hydrogens (tertiary/aromatic N) is 2. The van der Waals surface area contributed by atoms with Gasteiger partial charge in [-0.15, -0.1) is 0 Å². The second-order valence-corrected chi connectivity index (χ2v) is 6.16. The van der Waals surface area contributed by atoms with Crippen molar-refractivity contribution in [2.45, 2.75) is 6.92 Å². The maximum atomic E-state index is 8.35. The molecule has 0 saturated carbocycles. The maximum Gasteiger partial charge on any atom is 0.128 e. The van der Waals surface area contributed by atoms with Crippen molar-refractivity contribution in [2.75, 3.05) is 39.3 Å². The molecule has 0 unspecified atom stereocenters. The monoisotopic (exact) mass is 323 g/mol. The molecule has 1 fully saturated rings. The summed E-state index contributed by atoms with van der Waals surface area (Å²) in [6.45, 7) is 7.47. The number of rotatable bonds is 5. The summed E-state index contributed by atoms with van der Waals surface area (Å²) in [7, 11) is 0. The summed E-state index contributed by atoms with van der Waals surface area (Å²) in [5, 5.41) is 8.35. The van der Waals surface area contributed by atoms with Gasteiger partial charge in [0.25, 0.3) is 0 Å². The summed E-state index contributed by atoms with van der Waals surface area (Å²) >= 11 is 0. The average Bonchev–Trinajstić information content (AvgIpc) is 2.64. The summed E-state index contributed by atoms with van der Waals surface area (Å²) in [6, 6.07) is 18.1. The standard InChI is InChI=1S/C20H25N3O/c1-17-7-5-6-10-19(17)24-16-15-22-11-13-23(14-12-22)20(21)18-8-3-2-4-9-18/h2-10,21H,11-16H2,1H3. The lowest BCUT2D eigenvalue weighted by Crippen LogP contribution is -2.49. The summed E-state index contributed by atoms with van der Waals surface area (Å²) < 4.78 is 5.89. The van der Waals surface area contributed by atoms with Gasteiger partial charge in [0.15, 0.2) is 0 Å². The first kappa shape index (κ1) is 16.5. The Hall–Kier alpha value is -2.33. The number of piperazine rings is 1. The zero-order valence-corrected chi connectivity index (χ0v) is 14.2. The van der Waals surface area contributed by atoms with Gasteiger partial charge >= 0.3 is 0 Å². The Bertz CT molecular complexity index is 664. The van der Waals surface area contributed by atoms with Gasteiger partial charge in [0.1, 0.15) is 18.2 Å². The van der Waals surface area contributed by atoms with Gasteiger partial charge in [-0.1, -0.05) is 48.5 Å². The van der Waals surface area contributed by atoms with Gasteiger partial charge in [-0.2, -0.15) is 0 Å². The molecule has 1 N–H and O–H groups in total. The number of nitrogens with one attached hydrogen (secondary N) is 1. The number of para-hydroxylation sites is 1. The SMILES string of the molecule is Cc1ccccc1OCCN1CCN(C(=N)c2ccccc2)CC1. The minimum atomic E-state index is 0.631. The number of ether oxygens (including phenoxy) is 1. The van der Waals surface area contributed by atoms with Gasteiger partial charge in [-0.25, -0.2) is 0 Å². The van der Waals surface area contributed by atoms with Crippen molar-refractivity contribution in [1.29, 1.82) is 5.41 Å². The van der Waals surface area contributed by atoms with Crippen molar-refractivity contribution in [1.82, 2.24) is 9.80 Å². The average molecular weight is 323 g/mol. The molecule has 24 heavy (non-hydrogen) atoms. The topological polar surface area (TPSA) is 39.6 Å². The van der Waals surface area contributed by atoms with Crippen molar-refractivity contribution in [3.8, 4) is 5.75 Å². The summed E-state index contributed by atoms with van der Waals surface area (Å²) in [5.74, 6) is 1.61. The number of hydrogen-bond donors (Lipinski definition) is 1. The number of aryl methyl sites for hydroxylation is 1. The van der Waals surface area contributed by atoms with Crippen LogP contribution in [0, 0.1) is 12.3 Å². The fourth-order valence-corrected chi connectivity index (χ4v) is 2.98. The van der Waals surface area contributed by atoms with Gasteiger partial charge in [0.05, 0.1) is 0 Å². The largest absolute Gasteiger partial charge is 0.492 e. The molecule has 0 radical (unpaired) electrons. The van der Waals surface area contributed by atoms with E-state index in [0.29, 0.717) is 12.4 Å². The molecule has 2 aromatic rings. The van der Waals surface area contributed by atoms with E-state index in [-0.39, 0.29) is 0 Å². The van der Waals surface area contributed by atoms with E-state index >= 15 is 0 Å². The van der Waals surface area contributed by atoms with Gasteiger partial charge in [-0.3, -0.25) is 10.3 Å². The third-order valence-corrected chi connectivity index (χ3v) is 4.49. The Kier molecular flexibility index (Phi) is 5.49. The minimum absolute atomic E-state index is 0.631. The van der Waals surface area contributed by atoms with Crippen LogP contribution in [0.15, 0.2) is 54.6 Å². The third kappa shape index (κ3) is 4.15. The summed E-state index contributed by atoms with van der Waals surface area (Å²) in [4.78, 5) is 4.57. The van der Waals surface area contributed by atoms with E-state index in [9.17, 15) is 0 Å². The smallest absolute Gasteiger partial charge is 0.128 e. The fraction of sp³-hybridized carbons (Fsp3) is 0.350. The molecular weight excluding hydrogens is 298 g/mol. The molecular formula is C20H25N3O. The highest BCUT2D eigenvalue weighted by atomic mass is 16.5. The van der Waals surface area contributed by atoms with Gasteiger partial charge in [0.2, 0.25) is 0 Å². The number of amidine groups is 1. The van der Waals surface area contributed by atoms with Crippen LogP contribution in [-0.2, 0) is 0 Å². The predicted octanol–water partition coefficient (Wildman–Crippen LogP) is 3.02. The third-order valence-electron chi connectivity index (χ3n) is 4.49. The van der Waals surface area contributed by atoms with E-state index in [4.69, 9.17) is 10.1 Å². The molecule has 0 amide bonds. The minimum Gasteiger partial charge on any atom is -0.492 e. The second-order valence-electron chi connectivity index (χ2n) is 6.16. The molecule has 1 aliphatic heterocycles.